The molecule has 1 fully saturated rings. The van der Waals surface area contributed by atoms with Crippen molar-refractivity contribution < 1.29 is 0 Å². The lowest BCUT2D eigenvalue weighted by molar-refractivity contribution is 0.195. The second-order valence-corrected chi connectivity index (χ2v) is 24.3. The van der Waals surface area contributed by atoms with Gasteiger partial charge in [0.05, 0.1) is 16.8 Å². The molecular formula is C64H66BN3. The van der Waals surface area contributed by atoms with Gasteiger partial charge in [-0.05, 0) is 142 Å². The Labute approximate surface area is 406 Å². The molecule has 0 spiro atoms. The van der Waals surface area contributed by atoms with E-state index in [0.717, 1.165) is 19.3 Å². The van der Waals surface area contributed by atoms with Crippen molar-refractivity contribution in [1.29, 1.82) is 0 Å². The first-order chi connectivity index (χ1) is 32.5. The number of hydrogen-bond acceptors (Lipinski definition) is 3. The van der Waals surface area contributed by atoms with E-state index < -0.39 is 0 Å². The summed E-state index contributed by atoms with van der Waals surface area (Å²) in [6.45, 7) is 24.6. The van der Waals surface area contributed by atoms with E-state index in [2.05, 4.69) is 230 Å². The maximum atomic E-state index is 2.92. The van der Waals surface area contributed by atoms with E-state index in [1.807, 2.05) is 0 Å². The van der Waals surface area contributed by atoms with Gasteiger partial charge in [0.15, 0.2) is 0 Å². The van der Waals surface area contributed by atoms with E-state index >= 15 is 0 Å². The summed E-state index contributed by atoms with van der Waals surface area (Å²) < 4.78 is 0. The number of para-hydroxylation sites is 2. The molecule has 4 heterocycles. The third-order valence-electron chi connectivity index (χ3n) is 18.9. The maximum Gasteiger partial charge on any atom is 0.252 e. The maximum absolute atomic E-state index is 2.92. The number of fused-ring (bicyclic) bond motifs is 12. The fraction of sp³-hybridized carbons (Fsp3) is 0.344. The predicted octanol–water partition coefficient (Wildman–Crippen LogP) is 14.6. The van der Waals surface area contributed by atoms with E-state index in [-0.39, 0.29) is 39.5 Å². The zero-order valence-corrected chi connectivity index (χ0v) is 42.0. The number of hydrogen-bond donors (Lipinski definition) is 0. The van der Waals surface area contributed by atoms with E-state index in [1.54, 1.807) is 5.56 Å². The Morgan fingerprint density at radius 2 is 1.13 bits per heavy atom. The summed E-state index contributed by atoms with van der Waals surface area (Å²) in [5.74, 6) is 0. The molecule has 0 bridgehead atoms. The summed E-state index contributed by atoms with van der Waals surface area (Å²) in [4.78, 5) is 8.44. The monoisotopic (exact) mass is 888 g/mol. The van der Waals surface area contributed by atoms with Gasteiger partial charge in [-0.2, -0.15) is 0 Å². The third kappa shape index (κ3) is 5.28. The molecule has 0 amide bonds. The van der Waals surface area contributed by atoms with Crippen LogP contribution in [0.1, 0.15) is 135 Å². The summed E-state index contributed by atoms with van der Waals surface area (Å²) in [5.41, 5.74) is 24.2. The Morgan fingerprint density at radius 1 is 0.485 bits per heavy atom. The number of nitrogens with zero attached hydrogens (tertiary/aromatic N) is 3. The summed E-state index contributed by atoms with van der Waals surface area (Å²) in [6.07, 6.45) is 7.06. The molecule has 340 valence electrons. The molecule has 0 N–H and O–H groups in total. The smallest absolute Gasteiger partial charge is 0.252 e. The van der Waals surface area contributed by atoms with Crippen LogP contribution >= 0.6 is 0 Å². The van der Waals surface area contributed by atoms with Crippen molar-refractivity contribution in [1.82, 2.24) is 0 Å². The van der Waals surface area contributed by atoms with Crippen molar-refractivity contribution in [3.05, 3.63) is 179 Å². The lowest BCUT2D eigenvalue weighted by atomic mass is 9.33. The molecular weight excluding hydrogens is 822 g/mol. The van der Waals surface area contributed by atoms with Gasteiger partial charge in [-0.25, -0.2) is 0 Å². The van der Waals surface area contributed by atoms with E-state index in [9.17, 15) is 0 Å². The van der Waals surface area contributed by atoms with Crippen LogP contribution in [0.4, 0.5) is 39.8 Å². The van der Waals surface area contributed by atoms with Crippen LogP contribution in [0.25, 0.3) is 11.1 Å². The Bertz CT molecular complexity index is 3260. The molecule has 4 heteroatoms. The number of anilines is 7. The normalized spacial score (nSPS) is 25.0. The van der Waals surface area contributed by atoms with Gasteiger partial charge in [-0.1, -0.05) is 177 Å². The van der Waals surface area contributed by atoms with Gasteiger partial charge in [-0.3, -0.25) is 0 Å². The number of aryl methyl sites for hydroxylation is 1. The van der Waals surface area contributed by atoms with Crippen LogP contribution in [0.3, 0.4) is 0 Å². The van der Waals surface area contributed by atoms with Crippen molar-refractivity contribution >= 4 is 62.9 Å². The second-order valence-electron chi connectivity index (χ2n) is 24.3. The van der Waals surface area contributed by atoms with Crippen molar-refractivity contribution in [2.75, 3.05) is 14.7 Å². The van der Waals surface area contributed by atoms with Crippen LogP contribution < -0.4 is 31.1 Å². The second kappa shape index (κ2) is 13.8. The first-order valence-electron chi connectivity index (χ1n) is 25.7. The molecule has 4 aliphatic heterocycles. The van der Waals surface area contributed by atoms with Gasteiger partial charge in [-0.15, -0.1) is 0 Å². The minimum absolute atomic E-state index is 0.0130. The molecule has 7 aromatic carbocycles. The standard InChI is InChI=1S/C64H66BN3/c1-59(2,3)43-29-31-52(46(37-43)41-21-12-11-13-22-41)66-54-32-30-44(60(4,5)6)38-51(54)65-50-27-20-26-49-58(50)68(63(9)35-19-18-34-61(49,63)7)56-40-45(39-55(66)57(56)65)67-53-28-17-16-25-48(53)62(8)36-33-42-23-14-15-24-47(42)64(62,67)10/h11-17,20-32,37-40H,18-19,33-36H2,1-10H3. The average molecular weight is 888 g/mol. The van der Waals surface area contributed by atoms with E-state index in [4.69, 9.17) is 0 Å². The van der Waals surface area contributed by atoms with Crippen LogP contribution in [0, 0.1) is 0 Å². The minimum Gasteiger partial charge on any atom is -0.335 e. The van der Waals surface area contributed by atoms with Gasteiger partial charge in [0.25, 0.3) is 6.71 Å². The number of benzene rings is 7. The molecule has 0 aromatic heterocycles. The Morgan fingerprint density at radius 3 is 1.90 bits per heavy atom. The largest absolute Gasteiger partial charge is 0.335 e. The van der Waals surface area contributed by atoms with Crippen LogP contribution in [-0.4, -0.2) is 12.3 Å². The highest BCUT2D eigenvalue weighted by molar-refractivity contribution is 7.00. The Balaban J connectivity index is 1.19. The Hall–Kier alpha value is -6.00. The van der Waals surface area contributed by atoms with Gasteiger partial charge >= 0.3 is 0 Å². The van der Waals surface area contributed by atoms with Gasteiger partial charge < -0.3 is 14.7 Å². The Kier molecular flexibility index (Phi) is 8.57. The zero-order valence-electron chi connectivity index (χ0n) is 42.0. The van der Waals surface area contributed by atoms with Gasteiger partial charge in [0, 0.05) is 50.5 Å². The van der Waals surface area contributed by atoms with Crippen LogP contribution in [-0.2, 0) is 33.6 Å². The van der Waals surface area contributed by atoms with Crippen molar-refractivity contribution in [2.24, 2.45) is 0 Å². The van der Waals surface area contributed by atoms with Crippen LogP contribution in [0.2, 0.25) is 0 Å². The fourth-order valence-corrected chi connectivity index (χ4v) is 14.8. The SMILES string of the molecule is CC(C)(C)c1ccc2c(c1)B1c3cccc4c3N(c3cc(N5c6ccccc6C6(C)CCc7ccccc7C56C)cc(c31)N2c1ccc(C(C)(C)C)cc1-c1ccccc1)C1(C)CCCCC41C. The summed E-state index contributed by atoms with van der Waals surface area (Å²) in [6, 6.07) is 57.5. The molecule has 0 saturated heterocycles. The van der Waals surface area contributed by atoms with Gasteiger partial charge in [0.1, 0.15) is 0 Å². The summed E-state index contributed by atoms with van der Waals surface area (Å²) in [5, 5.41) is 0. The van der Waals surface area contributed by atoms with E-state index in [0.29, 0.717) is 0 Å². The average Bonchev–Trinajstić information content (AvgIpc) is 3.68. The molecule has 2 aliphatic carbocycles. The zero-order chi connectivity index (χ0) is 46.9. The highest BCUT2D eigenvalue weighted by atomic mass is 15.3. The summed E-state index contributed by atoms with van der Waals surface area (Å²) >= 11 is 0. The predicted molar refractivity (Wildman–Crippen MR) is 289 cm³/mol. The molecule has 1 saturated carbocycles. The minimum atomic E-state index is -0.333. The molecule has 68 heavy (non-hydrogen) atoms. The fourth-order valence-electron chi connectivity index (χ4n) is 14.8. The first kappa shape index (κ1) is 42.1. The number of rotatable bonds is 3. The molecule has 0 radical (unpaired) electrons. The highest BCUT2D eigenvalue weighted by Gasteiger charge is 2.63. The van der Waals surface area contributed by atoms with Gasteiger partial charge in [0.2, 0.25) is 0 Å². The molecule has 6 aliphatic rings. The van der Waals surface area contributed by atoms with Crippen LogP contribution in [0.15, 0.2) is 146 Å². The molecule has 4 atom stereocenters. The molecule has 7 aromatic rings. The quantitative estimate of drug-likeness (QED) is 0.164. The topological polar surface area (TPSA) is 9.72 Å². The van der Waals surface area contributed by atoms with Crippen molar-refractivity contribution in [2.45, 2.75) is 141 Å². The first-order valence-corrected chi connectivity index (χ1v) is 25.7. The molecule has 3 nitrogen and oxygen atoms in total. The molecule has 4 unspecified atom stereocenters. The lowest BCUT2D eigenvalue weighted by Crippen LogP contribution is -2.64. The molecule has 13 rings (SSSR count). The van der Waals surface area contributed by atoms with Crippen molar-refractivity contribution in [3.63, 3.8) is 0 Å². The lowest BCUT2D eigenvalue weighted by Gasteiger charge is -2.54. The van der Waals surface area contributed by atoms with Crippen molar-refractivity contribution in [3.8, 4) is 11.1 Å². The highest BCUT2D eigenvalue weighted by Crippen LogP contribution is 2.66. The third-order valence-corrected chi connectivity index (χ3v) is 18.9. The van der Waals surface area contributed by atoms with Crippen LogP contribution in [0.5, 0.6) is 0 Å². The summed E-state index contributed by atoms with van der Waals surface area (Å²) in [7, 11) is 0. The van der Waals surface area contributed by atoms with E-state index in [1.165, 1.54) is 114 Å².